The lowest BCUT2D eigenvalue weighted by Crippen LogP contribution is -2.82. The van der Waals surface area contributed by atoms with Gasteiger partial charge in [-0.15, -0.1) is 0 Å². The number of aromatic nitrogens is 2. The summed E-state index contributed by atoms with van der Waals surface area (Å²) in [6.45, 7) is 7.59. The maximum Gasteiger partial charge on any atom is 0.431 e. The molecule has 18 heteroatoms. The number of fused-ring (bicyclic) bond motifs is 6. The second-order valence-corrected chi connectivity index (χ2v) is 22.5. The Bertz CT molecular complexity index is 2660. The van der Waals surface area contributed by atoms with Crippen LogP contribution in [-0.4, -0.2) is 154 Å². The molecule has 368 valence electrons. The maximum atomic E-state index is 15.2. The van der Waals surface area contributed by atoms with Crippen molar-refractivity contribution in [1.82, 2.24) is 24.8 Å². The molecule has 2 amide bonds. The van der Waals surface area contributed by atoms with Gasteiger partial charge in [0.2, 0.25) is 0 Å². The molecule has 7 heterocycles. The number of imide groups is 1. The summed E-state index contributed by atoms with van der Waals surface area (Å²) in [6.07, 6.45) is 5.94. The number of pyridine rings is 1. The molecule has 5 aliphatic heterocycles. The number of nitrogens with two attached hydrogens (primary N) is 1. The van der Waals surface area contributed by atoms with Crippen molar-refractivity contribution in [2.75, 3.05) is 70.7 Å². The molecule has 10 atom stereocenters. The van der Waals surface area contributed by atoms with Crippen LogP contribution in [0.25, 0.3) is 10.9 Å². The SMILES string of the molecule is CC[C@]1(O)C[C@H]2CN(CCc3c([nH]c4ccccc34)[C@@](COC=O)(c3cc4c(cc3OC)N(C)[C@H]3[C@@](O)(C(=O)N(N)C(=O)OCCSSc5ccccn5)[C@H](O)[C@]5(CC)C=CCN6CC[C@]43[C@@H]65)C2)C1. The molecular formula is C51H63N7O9S2. The molecule has 1 spiro atoms. The minimum Gasteiger partial charge on any atom is -0.496 e. The highest BCUT2D eigenvalue weighted by atomic mass is 33.1. The highest BCUT2D eigenvalue weighted by Gasteiger charge is 2.79. The number of H-pyrrole nitrogens is 1. The van der Waals surface area contributed by atoms with Crippen LogP contribution in [0, 0.1) is 11.3 Å². The number of hydrogen-bond donors (Lipinski definition) is 5. The van der Waals surface area contributed by atoms with Crippen LogP contribution in [-0.2, 0) is 36.3 Å². The molecule has 4 aromatic rings. The zero-order valence-corrected chi connectivity index (χ0v) is 41.3. The van der Waals surface area contributed by atoms with Crippen molar-refractivity contribution in [3.05, 3.63) is 95.3 Å². The number of benzene rings is 2. The van der Waals surface area contributed by atoms with Gasteiger partial charge >= 0.3 is 6.09 Å². The molecule has 0 radical (unpaired) electrons. The number of hydrazine groups is 1. The Hall–Kier alpha value is -4.66. The molecule has 3 fully saturated rings. The molecule has 6 aliphatic rings. The number of carbonyl (C=O) groups excluding carboxylic acids is 3. The van der Waals surface area contributed by atoms with Crippen LogP contribution in [0.1, 0.15) is 68.3 Å². The molecule has 69 heavy (non-hydrogen) atoms. The number of ether oxygens (including phenoxy) is 3. The standard InChI is InChI=1S/C51H63N7O9S2/c1-5-47(63)26-32-27-49(30-66-31-59,41-34(15-20-56(28-32)29-47)33-12-7-8-13-37(33)54-41)36-24-35-38(25-39(36)65-4)55(3)43-50(35)17-21-57-19-11-16-48(6-2,42(50)57)44(60)51(43,64)45(61)58(52)46(62)67-22-23-68-69-40-14-9-10-18-53-40/h7-14,16,18,24-25,31-32,42-44,54,60,63-64H,5-6,15,17,19-23,26-30,52H2,1-4H3/t32-,42+,43-,44-,47+,48-,49+,50-,51+/m1/s1. The third kappa shape index (κ3) is 7.33. The first kappa shape index (κ1) is 48.0. The zero-order chi connectivity index (χ0) is 48.5. The van der Waals surface area contributed by atoms with E-state index in [4.69, 9.17) is 20.1 Å². The van der Waals surface area contributed by atoms with Gasteiger partial charge in [-0.05, 0) is 97.2 Å². The number of aromatic amines is 1. The third-order valence-corrected chi connectivity index (χ3v) is 19.0. The van der Waals surface area contributed by atoms with E-state index in [1.807, 2.05) is 74.3 Å². The van der Waals surface area contributed by atoms with E-state index in [0.29, 0.717) is 86.8 Å². The highest BCUT2D eigenvalue weighted by molar-refractivity contribution is 8.76. The Morgan fingerprint density at radius 3 is 2.62 bits per heavy atom. The number of nitrogens with zero attached hydrogens (tertiary/aromatic N) is 5. The van der Waals surface area contributed by atoms with Crippen molar-refractivity contribution in [3.63, 3.8) is 0 Å². The molecular weight excluding hydrogens is 919 g/mol. The number of aliphatic hydroxyl groups excluding tert-OH is 1. The van der Waals surface area contributed by atoms with Gasteiger partial charge in [0.25, 0.3) is 12.4 Å². The number of para-hydroxylation sites is 1. The molecule has 10 rings (SSSR count). The third-order valence-electron chi connectivity index (χ3n) is 16.8. The fraction of sp³-hybridized carbons (Fsp3) is 0.529. The first-order valence-electron chi connectivity index (χ1n) is 24.1. The number of aliphatic hydroxyl groups is 3. The minimum absolute atomic E-state index is 0.0258. The van der Waals surface area contributed by atoms with Gasteiger partial charge in [-0.25, -0.2) is 15.6 Å². The molecule has 1 aliphatic carbocycles. The molecule has 2 bridgehead atoms. The van der Waals surface area contributed by atoms with Crippen molar-refractivity contribution in [3.8, 4) is 5.75 Å². The monoisotopic (exact) mass is 981 g/mol. The predicted molar refractivity (Wildman–Crippen MR) is 264 cm³/mol. The minimum atomic E-state index is -2.64. The number of hydrogen-bond acceptors (Lipinski definition) is 16. The van der Waals surface area contributed by atoms with E-state index in [0.717, 1.165) is 51.4 Å². The van der Waals surface area contributed by atoms with Gasteiger partial charge in [0.15, 0.2) is 5.60 Å². The van der Waals surface area contributed by atoms with Crippen LogP contribution >= 0.6 is 21.6 Å². The van der Waals surface area contributed by atoms with E-state index in [1.54, 1.807) is 13.3 Å². The summed E-state index contributed by atoms with van der Waals surface area (Å²) in [5.74, 6) is 6.11. The molecule has 2 saturated heterocycles. The van der Waals surface area contributed by atoms with Gasteiger partial charge in [-0.2, -0.15) is 5.01 Å². The fourth-order valence-electron chi connectivity index (χ4n) is 14.1. The topological polar surface area (TPSA) is 207 Å². The van der Waals surface area contributed by atoms with Gasteiger partial charge in [0.05, 0.1) is 24.2 Å². The van der Waals surface area contributed by atoms with Crippen molar-refractivity contribution in [2.45, 2.75) is 97.6 Å². The molecule has 6 N–H and O–H groups in total. The smallest absolute Gasteiger partial charge is 0.431 e. The van der Waals surface area contributed by atoms with Gasteiger partial charge in [0, 0.05) is 96.0 Å². The van der Waals surface area contributed by atoms with E-state index < -0.39 is 57.6 Å². The van der Waals surface area contributed by atoms with Crippen LogP contribution in [0.2, 0.25) is 0 Å². The molecule has 2 aromatic heterocycles. The van der Waals surface area contributed by atoms with Crippen LogP contribution in [0.5, 0.6) is 5.75 Å². The Labute approximate surface area is 410 Å². The highest BCUT2D eigenvalue weighted by Crippen LogP contribution is 2.68. The van der Waals surface area contributed by atoms with Crippen LogP contribution in [0.4, 0.5) is 10.5 Å². The second-order valence-electron chi connectivity index (χ2n) is 20.1. The zero-order valence-electron chi connectivity index (χ0n) is 39.6. The van der Waals surface area contributed by atoms with Gasteiger partial charge in [-0.1, -0.05) is 61.1 Å². The number of methoxy groups -OCH3 is 1. The summed E-state index contributed by atoms with van der Waals surface area (Å²) in [5.41, 5.74) is -1.55. The lowest BCUT2D eigenvalue weighted by molar-refractivity contribution is -0.209. The lowest BCUT2D eigenvalue weighted by atomic mass is 9.47. The fourth-order valence-corrected chi connectivity index (χ4v) is 15.8. The Morgan fingerprint density at radius 2 is 1.87 bits per heavy atom. The largest absolute Gasteiger partial charge is 0.496 e. The number of piperidine rings is 1. The Balaban J connectivity index is 1.12. The predicted octanol–water partition coefficient (Wildman–Crippen LogP) is 4.92. The van der Waals surface area contributed by atoms with Crippen LogP contribution < -0.4 is 15.5 Å². The molecule has 1 unspecified atom stereocenters. The summed E-state index contributed by atoms with van der Waals surface area (Å²) >= 11 is 0. The van der Waals surface area contributed by atoms with E-state index >= 15 is 4.79 Å². The Kier molecular flexibility index (Phi) is 12.6. The number of rotatable bonds is 13. The number of likely N-dealkylation sites (N-methyl/N-ethyl adjacent to an activating group) is 1. The van der Waals surface area contributed by atoms with E-state index in [-0.39, 0.29) is 19.1 Å². The molecule has 16 nitrogen and oxygen atoms in total. The van der Waals surface area contributed by atoms with E-state index in [1.165, 1.54) is 21.6 Å². The summed E-state index contributed by atoms with van der Waals surface area (Å²) in [6, 6.07) is 16.4. The summed E-state index contributed by atoms with van der Waals surface area (Å²) < 4.78 is 18.0. The quantitative estimate of drug-likeness (QED) is 0.0229. The van der Waals surface area contributed by atoms with Crippen molar-refractivity contribution in [1.29, 1.82) is 0 Å². The van der Waals surface area contributed by atoms with E-state index in [9.17, 15) is 24.9 Å². The average Bonchev–Trinajstić information content (AvgIpc) is 4.03. The van der Waals surface area contributed by atoms with Gasteiger partial charge in [-0.3, -0.25) is 19.4 Å². The van der Waals surface area contributed by atoms with Gasteiger partial charge in [0.1, 0.15) is 30.1 Å². The summed E-state index contributed by atoms with van der Waals surface area (Å²) in [4.78, 5) is 56.2. The van der Waals surface area contributed by atoms with Crippen LogP contribution in [0.3, 0.4) is 0 Å². The lowest BCUT2D eigenvalue weighted by Gasteiger charge is -2.63. The summed E-state index contributed by atoms with van der Waals surface area (Å²) in [5, 5.41) is 40.7. The molecule has 2 aromatic carbocycles. The summed E-state index contributed by atoms with van der Waals surface area (Å²) in [7, 11) is 6.26. The first-order valence-corrected chi connectivity index (χ1v) is 26.4. The Morgan fingerprint density at radius 1 is 1.06 bits per heavy atom. The second kappa shape index (κ2) is 18.2. The maximum absolute atomic E-state index is 15.2. The van der Waals surface area contributed by atoms with Crippen molar-refractivity contribution >= 4 is 56.7 Å². The number of anilines is 1. The normalized spacial score (nSPS) is 33.3. The average molecular weight is 982 g/mol. The van der Waals surface area contributed by atoms with Crippen LogP contribution in [0.15, 0.2) is 78.0 Å². The van der Waals surface area contributed by atoms with Crippen molar-refractivity contribution < 1.29 is 43.9 Å². The van der Waals surface area contributed by atoms with Gasteiger partial charge < -0.3 is 39.4 Å². The van der Waals surface area contributed by atoms with E-state index in [2.05, 4.69) is 38.0 Å². The van der Waals surface area contributed by atoms with Crippen molar-refractivity contribution in [2.24, 2.45) is 17.2 Å². The number of amides is 2. The number of carbonyl (C=O) groups is 3. The molecule has 1 saturated carbocycles. The number of nitrogens with one attached hydrogen (secondary N) is 1. The first-order chi connectivity index (χ1) is 33.2.